The highest BCUT2D eigenvalue weighted by molar-refractivity contribution is 4.92. The molecule has 0 aromatic carbocycles. The molecule has 2 rings (SSSR count). The summed E-state index contributed by atoms with van der Waals surface area (Å²) in [4.78, 5) is 0. The number of hydrogen-bond acceptors (Lipinski definition) is 1. The van der Waals surface area contributed by atoms with Gasteiger partial charge < -0.3 is 4.74 Å². The fourth-order valence-corrected chi connectivity index (χ4v) is 4.23. The standard InChI is InChI=1S/C19H34O/c1-3-5-6-7-16-8-10-17(11-9-16)18-12-14-19(15-13-18)20-4-2/h6-7,16-19H,3-5,8-15H2,1-2H3/b7-6+/t16?,17?,18-,19-. The molecule has 2 saturated carbocycles. The Balaban J connectivity index is 1.67. The fraction of sp³-hybridized carbons (Fsp3) is 0.895. The zero-order valence-corrected chi connectivity index (χ0v) is 13.7. The van der Waals surface area contributed by atoms with E-state index in [1.807, 2.05) is 0 Å². The average Bonchev–Trinajstić information content (AvgIpc) is 2.49. The zero-order valence-electron chi connectivity index (χ0n) is 13.7. The van der Waals surface area contributed by atoms with Crippen LogP contribution in [0.1, 0.15) is 78.1 Å². The highest BCUT2D eigenvalue weighted by Gasteiger charge is 2.30. The fourth-order valence-electron chi connectivity index (χ4n) is 4.23. The third-order valence-electron chi connectivity index (χ3n) is 5.47. The summed E-state index contributed by atoms with van der Waals surface area (Å²) in [6, 6.07) is 0. The van der Waals surface area contributed by atoms with Crippen molar-refractivity contribution in [3.8, 4) is 0 Å². The number of hydrogen-bond donors (Lipinski definition) is 0. The Labute approximate surface area is 126 Å². The van der Waals surface area contributed by atoms with Crippen molar-refractivity contribution >= 4 is 0 Å². The topological polar surface area (TPSA) is 9.23 Å². The Kier molecular flexibility index (Phi) is 7.13. The lowest BCUT2D eigenvalue weighted by Gasteiger charge is -2.37. The first-order chi connectivity index (χ1) is 9.83. The summed E-state index contributed by atoms with van der Waals surface area (Å²) in [5, 5.41) is 0. The number of rotatable bonds is 6. The lowest BCUT2D eigenvalue weighted by atomic mass is 9.70. The van der Waals surface area contributed by atoms with E-state index in [9.17, 15) is 0 Å². The van der Waals surface area contributed by atoms with E-state index in [4.69, 9.17) is 4.74 Å². The lowest BCUT2D eigenvalue weighted by Crippen LogP contribution is -2.28. The molecule has 0 aliphatic heterocycles. The molecule has 0 aromatic rings. The first-order valence-electron chi connectivity index (χ1n) is 9.11. The Morgan fingerprint density at radius 3 is 2.00 bits per heavy atom. The monoisotopic (exact) mass is 278 g/mol. The van der Waals surface area contributed by atoms with Gasteiger partial charge in [-0.15, -0.1) is 0 Å². The van der Waals surface area contributed by atoms with Gasteiger partial charge in [-0.2, -0.15) is 0 Å². The molecule has 0 radical (unpaired) electrons. The third kappa shape index (κ3) is 4.91. The van der Waals surface area contributed by atoms with Crippen molar-refractivity contribution in [3.63, 3.8) is 0 Å². The van der Waals surface area contributed by atoms with Crippen LogP contribution in [0.3, 0.4) is 0 Å². The molecule has 0 bridgehead atoms. The first kappa shape index (κ1) is 16.1. The lowest BCUT2D eigenvalue weighted by molar-refractivity contribution is 0.0142. The van der Waals surface area contributed by atoms with E-state index in [-0.39, 0.29) is 0 Å². The molecule has 20 heavy (non-hydrogen) atoms. The minimum absolute atomic E-state index is 0.574. The van der Waals surface area contributed by atoms with E-state index in [0.29, 0.717) is 6.10 Å². The predicted octanol–water partition coefficient (Wildman–Crippen LogP) is 5.74. The molecule has 0 amide bonds. The van der Waals surface area contributed by atoms with Gasteiger partial charge in [-0.05, 0) is 82.5 Å². The van der Waals surface area contributed by atoms with Crippen molar-refractivity contribution in [3.05, 3.63) is 12.2 Å². The summed E-state index contributed by atoms with van der Waals surface area (Å²) >= 11 is 0. The van der Waals surface area contributed by atoms with E-state index in [0.717, 1.165) is 24.4 Å². The van der Waals surface area contributed by atoms with Crippen molar-refractivity contribution in [2.24, 2.45) is 17.8 Å². The van der Waals surface area contributed by atoms with Crippen LogP contribution in [-0.4, -0.2) is 12.7 Å². The van der Waals surface area contributed by atoms with Crippen LogP contribution in [-0.2, 0) is 4.74 Å². The number of unbranched alkanes of at least 4 members (excludes halogenated alkanes) is 1. The molecule has 0 atom stereocenters. The van der Waals surface area contributed by atoms with Gasteiger partial charge in [-0.25, -0.2) is 0 Å². The first-order valence-corrected chi connectivity index (χ1v) is 9.11. The second-order valence-corrected chi connectivity index (χ2v) is 6.88. The summed E-state index contributed by atoms with van der Waals surface area (Å²) in [6.45, 7) is 5.28. The van der Waals surface area contributed by atoms with Crippen LogP contribution in [0.2, 0.25) is 0 Å². The molecule has 0 heterocycles. The number of ether oxygens (including phenoxy) is 1. The Morgan fingerprint density at radius 1 is 0.850 bits per heavy atom. The molecule has 0 N–H and O–H groups in total. The average molecular weight is 278 g/mol. The third-order valence-corrected chi connectivity index (χ3v) is 5.47. The molecule has 0 unspecified atom stereocenters. The maximum absolute atomic E-state index is 5.78. The van der Waals surface area contributed by atoms with Gasteiger partial charge in [0.2, 0.25) is 0 Å². The predicted molar refractivity (Wildman–Crippen MR) is 86.9 cm³/mol. The summed E-state index contributed by atoms with van der Waals surface area (Å²) < 4.78 is 5.78. The number of allylic oxidation sites excluding steroid dienone is 2. The van der Waals surface area contributed by atoms with Crippen LogP contribution in [0.25, 0.3) is 0 Å². The van der Waals surface area contributed by atoms with Gasteiger partial charge in [0.15, 0.2) is 0 Å². The molecule has 2 fully saturated rings. The summed E-state index contributed by atoms with van der Waals surface area (Å²) in [7, 11) is 0. The van der Waals surface area contributed by atoms with Crippen LogP contribution in [0, 0.1) is 17.8 Å². The van der Waals surface area contributed by atoms with Crippen LogP contribution in [0.4, 0.5) is 0 Å². The van der Waals surface area contributed by atoms with E-state index in [2.05, 4.69) is 26.0 Å². The minimum Gasteiger partial charge on any atom is -0.379 e. The second kappa shape index (κ2) is 8.87. The molecule has 0 spiro atoms. The zero-order chi connectivity index (χ0) is 14.2. The van der Waals surface area contributed by atoms with Gasteiger partial charge >= 0.3 is 0 Å². The highest BCUT2D eigenvalue weighted by Crippen LogP contribution is 2.40. The van der Waals surface area contributed by atoms with Crippen LogP contribution in [0.15, 0.2) is 12.2 Å². The smallest absolute Gasteiger partial charge is 0.0575 e. The van der Waals surface area contributed by atoms with Crippen LogP contribution in [0.5, 0.6) is 0 Å². The van der Waals surface area contributed by atoms with Gasteiger partial charge in [0.1, 0.15) is 0 Å². The van der Waals surface area contributed by atoms with Crippen molar-refractivity contribution in [2.75, 3.05) is 6.61 Å². The molecule has 1 heteroatoms. The minimum atomic E-state index is 0.574. The van der Waals surface area contributed by atoms with Gasteiger partial charge in [0, 0.05) is 6.61 Å². The maximum atomic E-state index is 5.78. The molecule has 0 saturated heterocycles. The van der Waals surface area contributed by atoms with E-state index < -0.39 is 0 Å². The second-order valence-electron chi connectivity index (χ2n) is 6.88. The molecular weight excluding hydrogens is 244 g/mol. The summed E-state index contributed by atoms with van der Waals surface area (Å²) in [6.07, 6.45) is 19.4. The largest absolute Gasteiger partial charge is 0.379 e. The molecule has 2 aliphatic carbocycles. The van der Waals surface area contributed by atoms with Gasteiger partial charge in [0.05, 0.1) is 6.10 Å². The Bertz CT molecular complexity index is 267. The van der Waals surface area contributed by atoms with Crippen molar-refractivity contribution < 1.29 is 4.74 Å². The van der Waals surface area contributed by atoms with Gasteiger partial charge in [-0.3, -0.25) is 0 Å². The SMILES string of the molecule is CCC/C=C/C1CCC([C@H]2CC[C@H](OCC)CC2)CC1. The van der Waals surface area contributed by atoms with Gasteiger partial charge in [0.25, 0.3) is 0 Å². The van der Waals surface area contributed by atoms with Crippen LogP contribution < -0.4 is 0 Å². The highest BCUT2D eigenvalue weighted by atomic mass is 16.5. The normalized spacial score (nSPS) is 35.5. The molecule has 116 valence electrons. The van der Waals surface area contributed by atoms with Crippen molar-refractivity contribution in [2.45, 2.75) is 84.2 Å². The maximum Gasteiger partial charge on any atom is 0.0575 e. The molecule has 2 aliphatic rings. The summed E-state index contributed by atoms with van der Waals surface area (Å²) in [5.74, 6) is 2.92. The van der Waals surface area contributed by atoms with E-state index >= 15 is 0 Å². The Morgan fingerprint density at radius 2 is 1.45 bits per heavy atom. The van der Waals surface area contributed by atoms with Crippen molar-refractivity contribution in [1.82, 2.24) is 0 Å². The summed E-state index contributed by atoms with van der Waals surface area (Å²) in [5.41, 5.74) is 0. The van der Waals surface area contributed by atoms with E-state index in [1.165, 1.54) is 64.2 Å². The van der Waals surface area contributed by atoms with Gasteiger partial charge in [-0.1, -0.05) is 25.5 Å². The van der Waals surface area contributed by atoms with Crippen molar-refractivity contribution in [1.29, 1.82) is 0 Å². The van der Waals surface area contributed by atoms with Crippen LogP contribution >= 0.6 is 0 Å². The quantitative estimate of drug-likeness (QED) is 0.562. The van der Waals surface area contributed by atoms with E-state index in [1.54, 1.807) is 0 Å². The molecular formula is C19H34O. The Hall–Kier alpha value is -0.300. The molecule has 1 nitrogen and oxygen atoms in total. The molecule has 0 aromatic heterocycles.